The molecule has 0 radical (unpaired) electrons. The van der Waals surface area contributed by atoms with Gasteiger partial charge >= 0.3 is 0 Å². The molecule has 2 aliphatic rings. The van der Waals surface area contributed by atoms with Gasteiger partial charge in [-0.05, 0) is 63.4 Å². The van der Waals surface area contributed by atoms with Gasteiger partial charge in [-0.15, -0.1) is 10.2 Å². The summed E-state index contributed by atoms with van der Waals surface area (Å²) in [6.07, 6.45) is 4.49. The number of rotatable bonds is 7. The summed E-state index contributed by atoms with van der Waals surface area (Å²) in [5.41, 5.74) is 1.24. The van der Waals surface area contributed by atoms with Crippen LogP contribution in [0.4, 0.5) is 0 Å². The first-order valence-corrected chi connectivity index (χ1v) is 12.8. The molecule has 170 valence electrons. The van der Waals surface area contributed by atoms with Gasteiger partial charge in [0.05, 0.1) is 12.9 Å². The topological polar surface area (TPSA) is 88.8 Å². The van der Waals surface area contributed by atoms with Crippen molar-refractivity contribution in [3.05, 3.63) is 41.6 Å². The Labute approximate surface area is 184 Å². The molecule has 2 aliphatic heterocycles. The highest BCUT2D eigenvalue weighted by atomic mass is 32.2. The van der Waals surface area contributed by atoms with Crippen molar-refractivity contribution >= 4 is 10.0 Å². The average Bonchev–Trinajstić information content (AvgIpc) is 3.30. The van der Waals surface area contributed by atoms with Crippen molar-refractivity contribution in [3.8, 4) is 5.75 Å². The lowest BCUT2D eigenvalue weighted by atomic mass is 9.96. The van der Waals surface area contributed by atoms with E-state index in [4.69, 9.17) is 9.15 Å². The Hall–Kier alpha value is -1.97. The number of likely N-dealkylation sites (tertiary alicyclic amines) is 1. The van der Waals surface area contributed by atoms with Gasteiger partial charge in [-0.2, -0.15) is 4.31 Å². The van der Waals surface area contributed by atoms with Gasteiger partial charge in [-0.25, -0.2) is 8.42 Å². The molecule has 0 N–H and O–H groups in total. The number of benzene rings is 1. The predicted molar refractivity (Wildman–Crippen MR) is 117 cm³/mol. The molecule has 4 rings (SSSR count). The summed E-state index contributed by atoms with van der Waals surface area (Å²) in [7, 11) is -1.60. The van der Waals surface area contributed by atoms with Crippen LogP contribution in [0.5, 0.6) is 5.75 Å². The van der Waals surface area contributed by atoms with E-state index in [1.54, 1.807) is 18.3 Å². The molecule has 1 aromatic carbocycles. The van der Waals surface area contributed by atoms with E-state index in [0.29, 0.717) is 18.3 Å². The van der Waals surface area contributed by atoms with Gasteiger partial charge in [0.1, 0.15) is 11.8 Å². The molecule has 9 heteroatoms. The minimum absolute atomic E-state index is 0.0935. The third kappa shape index (κ3) is 5.10. The second kappa shape index (κ2) is 9.67. The molecule has 2 fully saturated rings. The fraction of sp³-hybridized carbons (Fsp3) is 0.636. The van der Waals surface area contributed by atoms with E-state index in [-0.39, 0.29) is 17.7 Å². The number of sulfonamides is 1. The molecule has 8 nitrogen and oxygen atoms in total. The van der Waals surface area contributed by atoms with E-state index in [0.717, 1.165) is 57.5 Å². The van der Waals surface area contributed by atoms with Crippen molar-refractivity contribution in [2.45, 2.75) is 57.5 Å². The zero-order valence-corrected chi connectivity index (χ0v) is 19.2. The van der Waals surface area contributed by atoms with Crippen molar-refractivity contribution in [2.75, 3.05) is 32.5 Å². The van der Waals surface area contributed by atoms with Crippen molar-refractivity contribution in [2.24, 2.45) is 0 Å². The fourth-order valence-electron chi connectivity index (χ4n) is 4.56. The van der Waals surface area contributed by atoms with Crippen molar-refractivity contribution in [3.63, 3.8) is 0 Å². The van der Waals surface area contributed by atoms with Gasteiger partial charge in [0.15, 0.2) is 0 Å². The second-order valence-electron chi connectivity index (χ2n) is 8.40. The number of nitrogens with zero attached hydrogens (tertiary/aromatic N) is 4. The van der Waals surface area contributed by atoms with E-state index in [2.05, 4.69) is 27.2 Å². The molecule has 1 atom stereocenters. The molecule has 2 aromatic rings. The molecule has 0 spiro atoms. The molecule has 1 aromatic heterocycles. The number of piperidine rings is 2. The van der Waals surface area contributed by atoms with Crippen LogP contribution < -0.4 is 4.74 Å². The molecule has 0 aliphatic carbocycles. The zero-order valence-electron chi connectivity index (χ0n) is 18.4. The minimum Gasteiger partial charge on any atom is -0.497 e. The molecular formula is C22H32N4O4S. The van der Waals surface area contributed by atoms with Crippen LogP contribution in [0.1, 0.15) is 68.3 Å². The summed E-state index contributed by atoms with van der Waals surface area (Å²) in [6.45, 7) is 5.02. The smallest absolute Gasteiger partial charge is 0.234 e. The van der Waals surface area contributed by atoms with E-state index in [1.807, 2.05) is 12.1 Å². The summed E-state index contributed by atoms with van der Waals surface area (Å²) in [6, 6.07) is 7.86. The monoisotopic (exact) mass is 448 g/mol. The Morgan fingerprint density at radius 2 is 1.87 bits per heavy atom. The third-order valence-corrected chi connectivity index (χ3v) is 8.28. The van der Waals surface area contributed by atoms with Crippen molar-refractivity contribution in [1.29, 1.82) is 0 Å². The Bertz CT molecular complexity index is 969. The highest BCUT2D eigenvalue weighted by Gasteiger charge is 2.36. The first kappa shape index (κ1) is 22.2. The van der Waals surface area contributed by atoms with E-state index in [9.17, 15) is 8.42 Å². The summed E-state index contributed by atoms with van der Waals surface area (Å²) in [4.78, 5) is 2.43. The Kier molecular flexibility index (Phi) is 6.93. The van der Waals surface area contributed by atoms with Crippen LogP contribution in [-0.4, -0.2) is 60.3 Å². The highest BCUT2D eigenvalue weighted by molar-refractivity contribution is 7.89. The van der Waals surface area contributed by atoms with Crippen molar-refractivity contribution in [1.82, 2.24) is 19.4 Å². The van der Waals surface area contributed by atoms with Gasteiger partial charge in [0.2, 0.25) is 21.8 Å². The zero-order chi connectivity index (χ0) is 21.8. The van der Waals surface area contributed by atoms with Gasteiger partial charge in [0, 0.05) is 19.0 Å². The van der Waals surface area contributed by atoms with Gasteiger partial charge in [-0.3, -0.25) is 4.90 Å². The normalized spacial score (nSPS) is 21.9. The summed E-state index contributed by atoms with van der Waals surface area (Å²) < 4.78 is 37.9. The van der Waals surface area contributed by atoms with Crippen LogP contribution in [0, 0.1) is 0 Å². The van der Waals surface area contributed by atoms with Crippen LogP contribution in [0.15, 0.2) is 28.7 Å². The quantitative estimate of drug-likeness (QED) is 0.642. The molecule has 2 saturated heterocycles. The summed E-state index contributed by atoms with van der Waals surface area (Å²) in [5.74, 6) is 2.30. The Morgan fingerprint density at radius 3 is 2.61 bits per heavy atom. The number of aromatic nitrogens is 2. The molecular weight excluding hydrogens is 416 g/mol. The first-order chi connectivity index (χ1) is 15.0. The molecule has 0 bridgehead atoms. The molecule has 1 unspecified atom stereocenters. The predicted octanol–water partition coefficient (Wildman–Crippen LogP) is 3.33. The minimum atomic E-state index is -3.29. The Morgan fingerprint density at radius 1 is 1.10 bits per heavy atom. The maximum atomic E-state index is 12.5. The second-order valence-corrected chi connectivity index (χ2v) is 10.6. The highest BCUT2D eigenvalue weighted by Crippen LogP contribution is 2.35. The molecule has 0 amide bonds. The lowest BCUT2D eigenvalue weighted by Crippen LogP contribution is -2.39. The largest absolute Gasteiger partial charge is 0.497 e. The van der Waals surface area contributed by atoms with Gasteiger partial charge < -0.3 is 9.15 Å². The van der Waals surface area contributed by atoms with Crippen LogP contribution in [0.25, 0.3) is 0 Å². The Balaban J connectivity index is 1.37. The summed E-state index contributed by atoms with van der Waals surface area (Å²) in [5, 5.41) is 8.58. The maximum Gasteiger partial charge on any atom is 0.234 e. The number of hydrogen-bond donors (Lipinski definition) is 0. The lowest BCUT2D eigenvalue weighted by molar-refractivity contribution is 0.183. The molecule has 3 heterocycles. The SMILES string of the molecule is CCS(=O)(=O)N1CCCCC1c1nnc(C2CCN(Cc3cccc(OC)c3)CC2)o1. The number of hydrogen-bond acceptors (Lipinski definition) is 7. The average molecular weight is 449 g/mol. The lowest BCUT2D eigenvalue weighted by Gasteiger charge is -2.32. The van der Waals surface area contributed by atoms with E-state index >= 15 is 0 Å². The maximum absolute atomic E-state index is 12.5. The third-order valence-electron chi connectivity index (χ3n) is 6.39. The molecule has 0 saturated carbocycles. The number of ether oxygens (including phenoxy) is 1. The van der Waals surface area contributed by atoms with Crippen molar-refractivity contribution < 1.29 is 17.6 Å². The van der Waals surface area contributed by atoms with Crippen LogP contribution in [-0.2, 0) is 16.6 Å². The summed E-state index contributed by atoms with van der Waals surface area (Å²) >= 11 is 0. The van der Waals surface area contributed by atoms with Gasteiger partial charge in [-0.1, -0.05) is 18.6 Å². The van der Waals surface area contributed by atoms with E-state index in [1.165, 1.54) is 5.56 Å². The van der Waals surface area contributed by atoms with Crippen LogP contribution in [0.3, 0.4) is 0 Å². The molecule has 31 heavy (non-hydrogen) atoms. The van der Waals surface area contributed by atoms with Crippen LogP contribution >= 0.6 is 0 Å². The standard InChI is InChI=1S/C22H32N4O4S/c1-3-31(27,28)26-12-5-4-9-20(26)22-24-23-21(30-22)18-10-13-25(14-11-18)16-17-7-6-8-19(15-17)29-2/h6-8,15,18,20H,3-5,9-14,16H2,1-2H3. The van der Waals surface area contributed by atoms with Crippen LogP contribution in [0.2, 0.25) is 0 Å². The van der Waals surface area contributed by atoms with Gasteiger partial charge in [0.25, 0.3) is 0 Å². The number of methoxy groups -OCH3 is 1. The first-order valence-electron chi connectivity index (χ1n) is 11.2. The van der Waals surface area contributed by atoms with E-state index < -0.39 is 10.0 Å². The fourth-order valence-corrected chi connectivity index (χ4v) is 5.89.